The normalized spacial score (nSPS) is 13.8. The highest BCUT2D eigenvalue weighted by molar-refractivity contribution is 6.22. The molecule has 0 saturated carbocycles. The third-order valence-electron chi connectivity index (χ3n) is 7.80. The monoisotopic (exact) mass is 538 g/mol. The molecule has 0 spiro atoms. The van der Waals surface area contributed by atoms with E-state index in [1.165, 1.54) is 0 Å². The van der Waals surface area contributed by atoms with E-state index in [0.29, 0.717) is 12.3 Å². The van der Waals surface area contributed by atoms with E-state index in [4.69, 9.17) is 4.74 Å². The van der Waals surface area contributed by atoms with Crippen LogP contribution in [-0.4, -0.2) is 12.9 Å². The number of ketones is 1. The Labute approximate surface area is 244 Å². The van der Waals surface area contributed by atoms with Gasteiger partial charge in [-0.1, -0.05) is 129 Å². The highest BCUT2D eigenvalue weighted by Gasteiger charge is 2.31. The Balaban J connectivity index is 1.62. The second kappa shape index (κ2) is 12.8. The molecule has 5 rings (SSSR count). The van der Waals surface area contributed by atoms with E-state index < -0.39 is 0 Å². The zero-order chi connectivity index (χ0) is 28.8. The number of carbonyl (C=O) groups excluding carboxylic acids is 1. The van der Waals surface area contributed by atoms with Crippen LogP contribution in [0.4, 0.5) is 0 Å². The van der Waals surface area contributed by atoms with Gasteiger partial charge >= 0.3 is 0 Å². The Bertz CT molecular complexity index is 1550. The van der Waals surface area contributed by atoms with Crippen LogP contribution in [0.2, 0.25) is 0 Å². The number of methoxy groups -OCH3 is 1. The topological polar surface area (TPSA) is 26.3 Å². The first-order valence-corrected chi connectivity index (χ1v) is 14.5. The van der Waals surface area contributed by atoms with Crippen LogP contribution in [0.3, 0.4) is 0 Å². The van der Waals surface area contributed by atoms with Gasteiger partial charge in [0.25, 0.3) is 0 Å². The number of benzene rings is 4. The van der Waals surface area contributed by atoms with Crippen molar-refractivity contribution in [2.45, 2.75) is 33.6 Å². The summed E-state index contributed by atoms with van der Waals surface area (Å²) >= 11 is 0. The number of carbonyl (C=O) groups is 1. The molecule has 0 radical (unpaired) electrons. The first-order valence-electron chi connectivity index (χ1n) is 14.5. The van der Waals surface area contributed by atoms with Gasteiger partial charge in [-0.05, 0) is 76.7 Å². The molecule has 0 heterocycles. The molecule has 2 heteroatoms. The summed E-state index contributed by atoms with van der Waals surface area (Å²) in [6, 6.07) is 39.3. The van der Waals surface area contributed by atoms with Crippen molar-refractivity contribution in [3.05, 3.63) is 166 Å². The van der Waals surface area contributed by atoms with Gasteiger partial charge in [0.15, 0.2) is 5.78 Å². The van der Waals surface area contributed by atoms with Gasteiger partial charge in [-0.15, -0.1) is 0 Å². The van der Waals surface area contributed by atoms with E-state index in [9.17, 15) is 4.79 Å². The highest BCUT2D eigenvalue weighted by atomic mass is 16.5. The number of Topliss-reactive ketones (excluding diaryl/α,β-unsaturated/α-hetero) is 1. The second-order valence-electron chi connectivity index (χ2n) is 11.2. The molecule has 1 atom stereocenters. The van der Waals surface area contributed by atoms with Crippen LogP contribution in [0.5, 0.6) is 0 Å². The molecule has 1 aliphatic carbocycles. The SMILES string of the molecule is CO/C(=C/C(CC1=C(c2ccccc2)c2ccccc2C1=O)CC(C)C)C(C)=C(c1ccccc1)c1ccccc1. The summed E-state index contributed by atoms with van der Waals surface area (Å²) in [6.45, 7) is 6.63. The summed E-state index contributed by atoms with van der Waals surface area (Å²) in [5, 5.41) is 0. The summed E-state index contributed by atoms with van der Waals surface area (Å²) in [5.74, 6) is 1.57. The number of ether oxygens (including phenoxy) is 1. The average Bonchev–Trinajstić information content (AvgIpc) is 3.28. The summed E-state index contributed by atoms with van der Waals surface area (Å²) < 4.78 is 6.11. The third-order valence-corrected chi connectivity index (χ3v) is 7.80. The van der Waals surface area contributed by atoms with Gasteiger partial charge in [-0.2, -0.15) is 0 Å². The maximum atomic E-state index is 13.9. The Morgan fingerprint density at radius 1 is 0.732 bits per heavy atom. The molecule has 4 aromatic carbocycles. The lowest BCUT2D eigenvalue weighted by atomic mass is 9.85. The van der Waals surface area contributed by atoms with Gasteiger partial charge < -0.3 is 4.74 Å². The number of hydrogen-bond acceptors (Lipinski definition) is 2. The summed E-state index contributed by atoms with van der Waals surface area (Å²) in [5.41, 5.74) is 9.40. The van der Waals surface area contributed by atoms with E-state index in [-0.39, 0.29) is 11.7 Å². The van der Waals surface area contributed by atoms with Crippen molar-refractivity contribution in [2.75, 3.05) is 7.11 Å². The minimum atomic E-state index is 0.125. The minimum absolute atomic E-state index is 0.125. The zero-order valence-corrected chi connectivity index (χ0v) is 24.4. The number of hydrogen-bond donors (Lipinski definition) is 0. The maximum absolute atomic E-state index is 13.9. The molecule has 4 aromatic rings. The molecule has 2 nitrogen and oxygen atoms in total. The van der Waals surface area contributed by atoms with E-state index in [1.54, 1.807) is 7.11 Å². The van der Waals surface area contributed by atoms with Crippen LogP contribution in [0.15, 0.2) is 138 Å². The lowest BCUT2D eigenvalue weighted by molar-refractivity contribution is 0.103. The maximum Gasteiger partial charge on any atom is 0.190 e. The molecule has 0 aromatic heterocycles. The molecule has 1 aliphatic rings. The van der Waals surface area contributed by atoms with Crippen LogP contribution in [0, 0.1) is 11.8 Å². The number of fused-ring (bicyclic) bond motifs is 1. The standard InChI is InChI=1S/C39H38O2/c1-27(2)24-29(25-35-38(32-20-12-7-13-21-32)33-22-14-15-23-34(33)39(35)40)26-36(41-4)28(3)37(30-16-8-5-9-17-30)31-18-10-6-11-19-31/h5-23,26-27,29H,24-25H2,1-4H3/b36-26+. The van der Waals surface area contributed by atoms with E-state index in [1.807, 2.05) is 48.5 Å². The van der Waals surface area contributed by atoms with Crippen LogP contribution >= 0.6 is 0 Å². The molecule has 0 saturated heterocycles. The van der Waals surface area contributed by atoms with Gasteiger partial charge in [0, 0.05) is 11.1 Å². The molecule has 0 fully saturated rings. The molecule has 0 N–H and O–H groups in total. The molecule has 1 unspecified atom stereocenters. The Morgan fingerprint density at radius 2 is 1.24 bits per heavy atom. The van der Waals surface area contributed by atoms with Gasteiger partial charge in [0.2, 0.25) is 0 Å². The smallest absolute Gasteiger partial charge is 0.190 e. The quantitative estimate of drug-likeness (QED) is 0.148. The molecule has 0 bridgehead atoms. The number of rotatable bonds is 10. The van der Waals surface area contributed by atoms with Crippen molar-refractivity contribution in [3.63, 3.8) is 0 Å². The number of allylic oxidation sites excluding steroid dienone is 3. The minimum Gasteiger partial charge on any atom is -0.497 e. The Morgan fingerprint density at radius 3 is 1.78 bits per heavy atom. The van der Waals surface area contributed by atoms with Crippen molar-refractivity contribution < 1.29 is 9.53 Å². The fourth-order valence-corrected chi connectivity index (χ4v) is 6.04. The van der Waals surface area contributed by atoms with Gasteiger partial charge in [-0.3, -0.25) is 4.79 Å². The molecular weight excluding hydrogens is 500 g/mol. The van der Waals surface area contributed by atoms with Crippen molar-refractivity contribution in [2.24, 2.45) is 11.8 Å². The van der Waals surface area contributed by atoms with Gasteiger partial charge in [-0.25, -0.2) is 0 Å². The van der Waals surface area contributed by atoms with Crippen LogP contribution < -0.4 is 0 Å². The van der Waals surface area contributed by atoms with Crippen molar-refractivity contribution in [1.29, 1.82) is 0 Å². The lowest BCUT2D eigenvalue weighted by Crippen LogP contribution is -2.10. The van der Waals surface area contributed by atoms with Crippen molar-refractivity contribution >= 4 is 16.9 Å². The first-order chi connectivity index (χ1) is 20.0. The zero-order valence-electron chi connectivity index (χ0n) is 24.4. The molecule has 41 heavy (non-hydrogen) atoms. The molecule has 0 amide bonds. The molecule has 0 aliphatic heterocycles. The van der Waals surface area contributed by atoms with Crippen molar-refractivity contribution in [3.8, 4) is 0 Å². The molecule has 206 valence electrons. The first kappa shape index (κ1) is 28.1. The van der Waals surface area contributed by atoms with Gasteiger partial charge in [0.1, 0.15) is 5.76 Å². The largest absolute Gasteiger partial charge is 0.497 e. The predicted octanol–water partition coefficient (Wildman–Crippen LogP) is 9.79. The van der Waals surface area contributed by atoms with Crippen LogP contribution in [0.25, 0.3) is 11.1 Å². The molecular formula is C39H38O2. The summed E-state index contributed by atoms with van der Waals surface area (Å²) in [7, 11) is 1.75. The van der Waals surface area contributed by atoms with E-state index >= 15 is 0 Å². The third kappa shape index (κ3) is 6.18. The Hall–Kier alpha value is -4.43. The fraction of sp³-hybridized carbons (Fsp3) is 0.205. The average molecular weight is 539 g/mol. The summed E-state index contributed by atoms with van der Waals surface area (Å²) in [6.07, 6.45) is 3.86. The van der Waals surface area contributed by atoms with E-state index in [0.717, 1.165) is 62.3 Å². The second-order valence-corrected chi connectivity index (χ2v) is 11.2. The predicted molar refractivity (Wildman–Crippen MR) is 170 cm³/mol. The van der Waals surface area contributed by atoms with E-state index in [2.05, 4.69) is 93.6 Å². The summed E-state index contributed by atoms with van der Waals surface area (Å²) in [4.78, 5) is 13.9. The van der Waals surface area contributed by atoms with Crippen LogP contribution in [0.1, 0.15) is 66.2 Å². The van der Waals surface area contributed by atoms with Gasteiger partial charge in [0.05, 0.1) is 7.11 Å². The fourth-order valence-electron chi connectivity index (χ4n) is 6.04. The lowest BCUT2D eigenvalue weighted by Gasteiger charge is -2.21. The Kier molecular flexibility index (Phi) is 8.79. The van der Waals surface area contributed by atoms with Crippen LogP contribution in [-0.2, 0) is 4.74 Å². The highest BCUT2D eigenvalue weighted by Crippen LogP contribution is 2.41. The van der Waals surface area contributed by atoms with Crippen molar-refractivity contribution in [1.82, 2.24) is 0 Å².